The molecular weight excluding hydrogens is 354 g/mol. The second-order valence-corrected chi connectivity index (χ2v) is 6.47. The number of carbonyl (C=O) groups is 2. The average Bonchev–Trinajstić information content (AvgIpc) is 3.17. The van der Waals surface area contributed by atoms with Crippen molar-refractivity contribution in [2.45, 2.75) is 26.7 Å². The highest BCUT2D eigenvalue weighted by atomic mass is 16.4. The van der Waals surface area contributed by atoms with Gasteiger partial charge in [-0.1, -0.05) is 29.8 Å². The zero-order valence-electron chi connectivity index (χ0n) is 16.0. The van der Waals surface area contributed by atoms with Crippen LogP contribution in [0.1, 0.15) is 35.2 Å². The Labute approximate surface area is 164 Å². The minimum atomic E-state index is -0.138. The van der Waals surface area contributed by atoms with Gasteiger partial charge < -0.3 is 15.1 Å². The lowest BCUT2D eigenvalue weighted by atomic mass is 10.1. The highest BCUT2D eigenvalue weighted by Crippen LogP contribution is 2.21. The topological polar surface area (TPSA) is 84.2 Å². The number of oxazole rings is 1. The highest BCUT2D eigenvalue weighted by Gasteiger charge is 2.10. The lowest BCUT2D eigenvalue weighted by Crippen LogP contribution is -2.22. The molecule has 3 aromatic rings. The summed E-state index contributed by atoms with van der Waals surface area (Å²) in [6.07, 6.45) is 2.35. The van der Waals surface area contributed by atoms with E-state index < -0.39 is 0 Å². The summed E-state index contributed by atoms with van der Waals surface area (Å²) in [5.41, 5.74) is 3.34. The van der Waals surface area contributed by atoms with Gasteiger partial charge in [-0.3, -0.25) is 9.59 Å². The van der Waals surface area contributed by atoms with Crippen LogP contribution in [0.5, 0.6) is 0 Å². The molecule has 6 heteroatoms. The Kier molecular flexibility index (Phi) is 6.22. The molecule has 0 spiro atoms. The predicted molar refractivity (Wildman–Crippen MR) is 108 cm³/mol. The summed E-state index contributed by atoms with van der Waals surface area (Å²) in [6.45, 7) is 4.47. The van der Waals surface area contributed by atoms with Crippen LogP contribution in [0.15, 0.2) is 59.1 Å². The van der Waals surface area contributed by atoms with Crippen molar-refractivity contribution in [2.24, 2.45) is 0 Å². The number of hydrogen-bond donors (Lipinski definition) is 2. The van der Waals surface area contributed by atoms with E-state index in [1.54, 1.807) is 30.5 Å². The van der Waals surface area contributed by atoms with Gasteiger partial charge in [-0.25, -0.2) is 4.98 Å². The highest BCUT2D eigenvalue weighted by molar-refractivity contribution is 5.95. The molecule has 28 heavy (non-hydrogen) atoms. The molecule has 0 aliphatic rings. The van der Waals surface area contributed by atoms with E-state index in [1.165, 1.54) is 5.56 Å². The Morgan fingerprint density at radius 1 is 1.04 bits per heavy atom. The van der Waals surface area contributed by atoms with Gasteiger partial charge in [0.15, 0.2) is 11.7 Å². The van der Waals surface area contributed by atoms with Crippen LogP contribution in [-0.4, -0.2) is 23.3 Å². The first-order chi connectivity index (χ1) is 13.5. The first kappa shape index (κ1) is 19.4. The van der Waals surface area contributed by atoms with Crippen molar-refractivity contribution in [1.82, 2.24) is 10.3 Å². The number of benzene rings is 2. The average molecular weight is 377 g/mol. The van der Waals surface area contributed by atoms with E-state index in [-0.39, 0.29) is 18.2 Å². The standard InChI is InChI=1S/C22H23N3O3/c1-3-23-22(27)17-8-10-18(11-9-17)25-20(26)12-13-21-24-14-19(28-21)16-6-4-15(2)5-7-16/h4-11,14H,3,12-13H2,1-2H3,(H,23,27)(H,25,26). The fraction of sp³-hybridized carbons (Fsp3) is 0.227. The van der Waals surface area contributed by atoms with E-state index in [9.17, 15) is 9.59 Å². The summed E-state index contributed by atoms with van der Waals surface area (Å²) in [4.78, 5) is 28.2. The van der Waals surface area contributed by atoms with Crippen LogP contribution in [0, 0.1) is 6.92 Å². The molecule has 0 aliphatic carbocycles. The molecule has 0 bridgehead atoms. The van der Waals surface area contributed by atoms with Crippen LogP contribution in [0.2, 0.25) is 0 Å². The van der Waals surface area contributed by atoms with E-state index in [1.807, 2.05) is 38.1 Å². The van der Waals surface area contributed by atoms with Crippen LogP contribution in [0.3, 0.4) is 0 Å². The summed E-state index contributed by atoms with van der Waals surface area (Å²) in [5, 5.41) is 5.55. The van der Waals surface area contributed by atoms with Crippen molar-refractivity contribution < 1.29 is 14.0 Å². The van der Waals surface area contributed by atoms with Gasteiger partial charge >= 0.3 is 0 Å². The molecule has 6 nitrogen and oxygen atoms in total. The van der Waals surface area contributed by atoms with E-state index in [0.717, 1.165) is 5.56 Å². The second-order valence-electron chi connectivity index (χ2n) is 6.47. The maximum Gasteiger partial charge on any atom is 0.251 e. The van der Waals surface area contributed by atoms with Crippen LogP contribution in [0.4, 0.5) is 5.69 Å². The summed E-state index contributed by atoms with van der Waals surface area (Å²) in [5.74, 6) is 0.947. The van der Waals surface area contributed by atoms with Crippen LogP contribution < -0.4 is 10.6 Å². The van der Waals surface area contributed by atoms with Crippen molar-refractivity contribution in [3.63, 3.8) is 0 Å². The first-order valence-electron chi connectivity index (χ1n) is 9.25. The molecule has 1 heterocycles. The molecular formula is C22H23N3O3. The quantitative estimate of drug-likeness (QED) is 0.652. The zero-order valence-corrected chi connectivity index (χ0v) is 16.0. The van der Waals surface area contributed by atoms with Crippen molar-refractivity contribution in [3.05, 3.63) is 71.7 Å². The van der Waals surface area contributed by atoms with Gasteiger partial charge in [0.25, 0.3) is 5.91 Å². The van der Waals surface area contributed by atoms with Crippen molar-refractivity contribution in [3.8, 4) is 11.3 Å². The van der Waals surface area contributed by atoms with Gasteiger partial charge in [-0.15, -0.1) is 0 Å². The van der Waals surface area contributed by atoms with Gasteiger partial charge in [0.05, 0.1) is 6.20 Å². The molecule has 0 saturated carbocycles. The number of aromatic nitrogens is 1. The van der Waals surface area contributed by atoms with Gasteiger partial charge in [0.1, 0.15) is 0 Å². The second kappa shape index (κ2) is 8.99. The summed E-state index contributed by atoms with van der Waals surface area (Å²) in [6, 6.07) is 14.8. The number of amides is 2. The molecule has 0 radical (unpaired) electrons. The third-order valence-corrected chi connectivity index (χ3v) is 4.22. The molecule has 2 amide bonds. The molecule has 1 aromatic heterocycles. The molecule has 2 aromatic carbocycles. The van der Waals surface area contributed by atoms with Crippen LogP contribution >= 0.6 is 0 Å². The van der Waals surface area contributed by atoms with E-state index >= 15 is 0 Å². The Morgan fingerprint density at radius 3 is 2.43 bits per heavy atom. The van der Waals surface area contributed by atoms with Crippen LogP contribution in [-0.2, 0) is 11.2 Å². The number of aryl methyl sites for hydroxylation is 2. The minimum absolute atomic E-state index is 0.131. The smallest absolute Gasteiger partial charge is 0.251 e. The van der Waals surface area contributed by atoms with Gasteiger partial charge in [-0.2, -0.15) is 0 Å². The monoisotopic (exact) mass is 377 g/mol. The lowest BCUT2D eigenvalue weighted by molar-refractivity contribution is -0.116. The van der Waals surface area contributed by atoms with E-state index in [4.69, 9.17) is 4.42 Å². The third kappa shape index (κ3) is 5.07. The zero-order chi connectivity index (χ0) is 19.9. The number of nitrogens with zero attached hydrogens (tertiary/aromatic N) is 1. The first-order valence-corrected chi connectivity index (χ1v) is 9.25. The normalized spacial score (nSPS) is 10.5. The third-order valence-electron chi connectivity index (χ3n) is 4.22. The Morgan fingerprint density at radius 2 is 1.75 bits per heavy atom. The van der Waals surface area contributed by atoms with Gasteiger partial charge in [-0.05, 0) is 38.1 Å². The predicted octanol–water partition coefficient (Wildman–Crippen LogP) is 3.97. The molecule has 3 rings (SSSR count). The Balaban J connectivity index is 1.52. The number of hydrogen-bond acceptors (Lipinski definition) is 4. The largest absolute Gasteiger partial charge is 0.441 e. The van der Waals surface area contributed by atoms with Crippen molar-refractivity contribution >= 4 is 17.5 Å². The van der Waals surface area contributed by atoms with Gasteiger partial charge in [0, 0.05) is 36.2 Å². The summed E-state index contributed by atoms with van der Waals surface area (Å²) in [7, 11) is 0. The fourth-order valence-corrected chi connectivity index (χ4v) is 2.69. The maximum absolute atomic E-state index is 12.2. The van der Waals surface area contributed by atoms with Gasteiger partial charge in [0.2, 0.25) is 5.91 Å². The molecule has 0 saturated heterocycles. The summed E-state index contributed by atoms with van der Waals surface area (Å²) >= 11 is 0. The van der Waals surface area contributed by atoms with Crippen molar-refractivity contribution in [1.29, 1.82) is 0 Å². The van der Waals surface area contributed by atoms with E-state index in [2.05, 4.69) is 15.6 Å². The minimum Gasteiger partial charge on any atom is -0.441 e. The Bertz CT molecular complexity index is 944. The maximum atomic E-state index is 12.2. The Hall–Kier alpha value is -3.41. The number of rotatable bonds is 7. The SMILES string of the molecule is CCNC(=O)c1ccc(NC(=O)CCc2ncc(-c3ccc(C)cc3)o2)cc1. The van der Waals surface area contributed by atoms with Crippen LogP contribution in [0.25, 0.3) is 11.3 Å². The lowest BCUT2D eigenvalue weighted by Gasteiger charge is -2.06. The molecule has 0 aliphatic heterocycles. The van der Waals surface area contributed by atoms with E-state index in [0.29, 0.717) is 35.9 Å². The molecule has 144 valence electrons. The number of nitrogens with one attached hydrogen (secondary N) is 2. The van der Waals surface area contributed by atoms with Crippen molar-refractivity contribution in [2.75, 3.05) is 11.9 Å². The molecule has 0 atom stereocenters. The number of carbonyl (C=O) groups excluding carboxylic acids is 2. The molecule has 0 fully saturated rings. The molecule has 2 N–H and O–H groups in total. The fourth-order valence-electron chi connectivity index (χ4n) is 2.69. The molecule has 0 unspecified atom stereocenters. The number of anilines is 1. The summed E-state index contributed by atoms with van der Waals surface area (Å²) < 4.78 is 5.74.